The molecule has 6 heteroatoms. The number of rotatable bonds is 5. The maximum atomic E-state index is 12.5. The van der Waals surface area contributed by atoms with Gasteiger partial charge in [-0.15, -0.1) is 0 Å². The molecule has 2 aromatic rings. The molecule has 0 aromatic heterocycles. The first-order valence-corrected chi connectivity index (χ1v) is 9.71. The molecule has 2 aromatic carbocycles. The highest BCUT2D eigenvalue weighted by Crippen LogP contribution is 2.18. The Morgan fingerprint density at radius 3 is 2.39 bits per heavy atom. The summed E-state index contributed by atoms with van der Waals surface area (Å²) in [6.07, 6.45) is 0.789. The van der Waals surface area contributed by atoms with Crippen molar-refractivity contribution in [3.63, 3.8) is 0 Å². The second-order valence-electron chi connectivity index (χ2n) is 6.96. The van der Waals surface area contributed by atoms with E-state index in [1.54, 1.807) is 24.3 Å². The zero-order chi connectivity index (χ0) is 19.9. The Hall–Kier alpha value is -3.02. The van der Waals surface area contributed by atoms with Crippen LogP contribution in [0.25, 0.3) is 0 Å². The number of nitrogens with zero attached hydrogens (tertiary/aromatic N) is 2. The van der Waals surface area contributed by atoms with Crippen molar-refractivity contribution >= 4 is 23.4 Å². The molecule has 3 rings (SSSR count). The number of benzene rings is 2. The summed E-state index contributed by atoms with van der Waals surface area (Å²) in [7, 11) is 0. The fraction of sp³-hybridized carbons (Fsp3) is 0.364. The van der Waals surface area contributed by atoms with Crippen molar-refractivity contribution in [3.05, 3.63) is 59.7 Å². The highest BCUT2D eigenvalue weighted by atomic mass is 16.5. The molecule has 0 radical (unpaired) electrons. The summed E-state index contributed by atoms with van der Waals surface area (Å²) in [5.41, 5.74) is 3.58. The molecule has 0 atom stereocenters. The molecule has 1 heterocycles. The number of carbonyl (C=O) groups is 2. The number of hydrogen-bond acceptors (Lipinski definition) is 4. The van der Waals surface area contributed by atoms with Crippen LogP contribution in [0.1, 0.15) is 29.3 Å². The third kappa shape index (κ3) is 5.03. The maximum absolute atomic E-state index is 12.5. The lowest BCUT2D eigenvalue weighted by Gasteiger charge is -2.36. The van der Waals surface area contributed by atoms with Crippen molar-refractivity contribution in [2.75, 3.05) is 43.0 Å². The molecule has 0 saturated carbocycles. The third-order valence-corrected chi connectivity index (χ3v) is 4.74. The van der Waals surface area contributed by atoms with Gasteiger partial charge in [-0.05, 0) is 55.3 Å². The van der Waals surface area contributed by atoms with Crippen LogP contribution in [0.15, 0.2) is 48.5 Å². The minimum absolute atomic E-state index is 0.120. The second kappa shape index (κ2) is 9.26. The predicted molar refractivity (Wildman–Crippen MR) is 111 cm³/mol. The Balaban J connectivity index is 1.51. The van der Waals surface area contributed by atoms with Crippen LogP contribution in [0.2, 0.25) is 0 Å². The Kier molecular flexibility index (Phi) is 6.53. The van der Waals surface area contributed by atoms with Crippen molar-refractivity contribution in [1.82, 2.24) is 4.90 Å². The topological polar surface area (TPSA) is 61.9 Å². The highest BCUT2D eigenvalue weighted by molar-refractivity contribution is 5.92. The Morgan fingerprint density at radius 2 is 1.75 bits per heavy atom. The lowest BCUT2D eigenvalue weighted by molar-refractivity contribution is 0.0505. The van der Waals surface area contributed by atoms with Gasteiger partial charge < -0.3 is 19.9 Å². The maximum Gasteiger partial charge on any atom is 0.338 e. The number of esters is 1. The van der Waals surface area contributed by atoms with Gasteiger partial charge in [0, 0.05) is 37.6 Å². The number of hydrogen-bond donors (Lipinski definition) is 1. The van der Waals surface area contributed by atoms with Crippen molar-refractivity contribution in [2.24, 2.45) is 0 Å². The lowest BCUT2D eigenvalue weighted by Crippen LogP contribution is -2.50. The van der Waals surface area contributed by atoms with E-state index >= 15 is 0 Å². The molecular weight excluding hydrogens is 354 g/mol. The van der Waals surface area contributed by atoms with Crippen molar-refractivity contribution in [3.8, 4) is 0 Å². The van der Waals surface area contributed by atoms with E-state index in [9.17, 15) is 9.59 Å². The Morgan fingerprint density at radius 1 is 1.04 bits per heavy atom. The van der Waals surface area contributed by atoms with Gasteiger partial charge in [0.15, 0.2) is 0 Å². The van der Waals surface area contributed by atoms with Crippen LogP contribution in [0.3, 0.4) is 0 Å². The van der Waals surface area contributed by atoms with Crippen molar-refractivity contribution in [1.29, 1.82) is 0 Å². The first-order chi connectivity index (χ1) is 13.6. The second-order valence-corrected chi connectivity index (χ2v) is 6.96. The molecule has 1 aliphatic heterocycles. The van der Waals surface area contributed by atoms with Gasteiger partial charge in [0.1, 0.15) is 0 Å². The number of anilines is 2. The van der Waals surface area contributed by atoms with Crippen LogP contribution < -0.4 is 10.2 Å². The molecule has 0 unspecified atom stereocenters. The monoisotopic (exact) mass is 381 g/mol. The number of nitrogens with one attached hydrogen (secondary N) is 1. The first kappa shape index (κ1) is 19.7. The van der Waals surface area contributed by atoms with E-state index in [4.69, 9.17) is 4.74 Å². The standard InChI is InChI=1S/C22H27N3O3/c1-3-15-28-21(26)18-7-9-19(10-8-18)23-22(27)25-13-11-24(12-14-25)20-6-4-5-17(2)16-20/h4-10,16H,3,11-15H2,1-2H3,(H,23,27). The fourth-order valence-corrected chi connectivity index (χ4v) is 3.16. The summed E-state index contributed by atoms with van der Waals surface area (Å²) in [5.74, 6) is -0.341. The minimum Gasteiger partial charge on any atom is -0.462 e. The molecule has 28 heavy (non-hydrogen) atoms. The Bertz CT molecular complexity index is 812. The SMILES string of the molecule is CCCOC(=O)c1ccc(NC(=O)N2CCN(c3cccc(C)c3)CC2)cc1. The van der Waals surface area contributed by atoms with Gasteiger partial charge >= 0.3 is 12.0 Å². The zero-order valence-corrected chi connectivity index (χ0v) is 16.5. The van der Waals surface area contributed by atoms with E-state index in [2.05, 4.69) is 41.4 Å². The number of urea groups is 1. The number of amides is 2. The average Bonchev–Trinajstić information content (AvgIpc) is 2.72. The van der Waals surface area contributed by atoms with E-state index in [1.165, 1.54) is 11.3 Å². The summed E-state index contributed by atoms with van der Waals surface area (Å²) in [5, 5.41) is 2.90. The van der Waals surface area contributed by atoms with Gasteiger partial charge in [-0.25, -0.2) is 9.59 Å². The summed E-state index contributed by atoms with van der Waals surface area (Å²) < 4.78 is 5.11. The molecule has 148 valence electrons. The van der Waals surface area contributed by atoms with E-state index in [0.29, 0.717) is 30.9 Å². The number of piperazine rings is 1. The van der Waals surface area contributed by atoms with Gasteiger partial charge in [-0.2, -0.15) is 0 Å². The summed E-state index contributed by atoms with van der Waals surface area (Å²) in [6.45, 7) is 7.39. The molecule has 1 saturated heterocycles. The zero-order valence-electron chi connectivity index (χ0n) is 16.5. The normalized spacial score (nSPS) is 13.9. The van der Waals surface area contributed by atoms with Crippen LogP contribution in [-0.4, -0.2) is 49.7 Å². The Labute approximate surface area is 166 Å². The number of ether oxygens (including phenoxy) is 1. The fourth-order valence-electron chi connectivity index (χ4n) is 3.16. The van der Waals surface area contributed by atoms with Crippen LogP contribution in [0.5, 0.6) is 0 Å². The van der Waals surface area contributed by atoms with Gasteiger partial charge in [-0.1, -0.05) is 19.1 Å². The van der Waals surface area contributed by atoms with Gasteiger partial charge in [-0.3, -0.25) is 0 Å². The molecule has 0 aliphatic carbocycles. The first-order valence-electron chi connectivity index (χ1n) is 9.71. The summed E-state index contributed by atoms with van der Waals surface area (Å²) in [4.78, 5) is 28.5. The largest absolute Gasteiger partial charge is 0.462 e. The molecule has 1 aliphatic rings. The van der Waals surface area contributed by atoms with Gasteiger partial charge in [0.25, 0.3) is 0 Å². The van der Waals surface area contributed by atoms with E-state index in [0.717, 1.165) is 19.5 Å². The number of carbonyl (C=O) groups excluding carboxylic acids is 2. The average molecular weight is 381 g/mol. The van der Waals surface area contributed by atoms with Crippen LogP contribution in [0, 0.1) is 6.92 Å². The summed E-state index contributed by atoms with van der Waals surface area (Å²) >= 11 is 0. The quantitative estimate of drug-likeness (QED) is 0.798. The van der Waals surface area contributed by atoms with Gasteiger partial charge in [0.2, 0.25) is 0 Å². The van der Waals surface area contributed by atoms with Crippen LogP contribution in [-0.2, 0) is 4.74 Å². The lowest BCUT2D eigenvalue weighted by atomic mass is 10.2. The number of aryl methyl sites for hydroxylation is 1. The van der Waals surface area contributed by atoms with E-state index in [1.807, 2.05) is 11.8 Å². The molecule has 0 spiro atoms. The van der Waals surface area contributed by atoms with Gasteiger partial charge in [0.05, 0.1) is 12.2 Å². The van der Waals surface area contributed by atoms with Crippen molar-refractivity contribution in [2.45, 2.75) is 20.3 Å². The smallest absolute Gasteiger partial charge is 0.338 e. The van der Waals surface area contributed by atoms with Crippen LogP contribution in [0.4, 0.5) is 16.2 Å². The predicted octanol–water partition coefficient (Wildman–Crippen LogP) is 3.92. The van der Waals surface area contributed by atoms with Crippen LogP contribution >= 0.6 is 0 Å². The molecular formula is C22H27N3O3. The highest BCUT2D eigenvalue weighted by Gasteiger charge is 2.21. The minimum atomic E-state index is -0.341. The third-order valence-electron chi connectivity index (χ3n) is 4.74. The molecule has 1 N–H and O–H groups in total. The molecule has 0 bridgehead atoms. The van der Waals surface area contributed by atoms with Crippen molar-refractivity contribution < 1.29 is 14.3 Å². The summed E-state index contributed by atoms with van der Waals surface area (Å²) in [6, 6.07) is 15.1. The van der Waals surface area contributed by atoms with E-state index in [-0.39, 0.29) is 12.0 Å². The van der Waals surface area contributed by atoms with E-state index < -0.39 is 0 Å². The molecule has 2 amide bonds. The molecule has 1 fully saturated rings. The molecule has 6 nitrogen and oxygen atoms in total.